The number of ether oxygens (including phenoxy) is 2. The summed E-state index contributed by atoms with van der Waals surface area (Å²) in [5, 5.41) is 8.34. The molecule has 206 valence electrons. The van der Waals surface area contributed by atoms with Gasteiger partial charge in [0.1, 0.15) is 12.4 Å². The number of aromatic nitrogens is 2. The molecule has 2 atom stereocenters. The summed E-state index contributed by atoms with van der Waals surface area (Å²) >= 11 is 8.20. The number of halogens is 1. The van der Waals surface area contributed by atoms with Gasteiger partial charge in [0.2, 0.25) is 18.6 Å². The van der Waals surface area contributed by atoms with Gasteiger partial charge in [-0.3, -0.25) is 14.5 Å². The van der Waals surface area contributed by atoms with Crippen LogP contribution in [-0.4, -0.2) is 46.7 Å². The molecule has 2 unspecified atom stereocenters. The third-order valence-corrected chi connectivity index (χ3v) is 8.48. The molecule has 0 bridgehead atoms. The molecule has 0 aliphatic carbocycles. The standard InChI is InChI=1S/C29H33ClN4O4S/c1-6-17(2)31-23(35)14-33-24(36)15-39-26(18-11-12-21-22(13-18)38-16-37-21)25-27(29(3,4)5)32-34(28(25)33)20-10-8-7-9-19(20)30/h7-13,17,26H,6,14-16H2,1-5H3,(H,31,35). The second kappa shape index (κ2) is 10.8. The van der Waals surface area contributed by atoms with Crippen molar-refractivity contribution in [3.63, 3.8) is 0 Å². The molecular weight excluding hydrogens is 536 g/mol. The number of para-hydroxylation sites is 1. The van der Waals surface area contributed by atoms with Crippen molar-refractivity contribution in [3.8, 4) is 17.2 Å². The molecule has 0 fully saturated rings. The van der Waals surface area contributed by atoms with E-state index in [2.05, 4.69) is 26.1 Å². The number of rotatable bonds is 6. The van der Waals surface area contributed by atoms with Crippen molar-refractivity contribution in [2.75, 3.05) is 24.0 Å². The first-order valence-electron chi connectivity index (χ1n) is 13.1. The number of carbonyl (C=O) groups is 2. The van der Waals surface area contributed by atoms with Crippen LogP contribution in [0.3, 0.4) is 0 Å². The third-order valence-electron chi connectivity index (χ3n) is 6.90. The molecule has 5 rings (SSSR count). The zero-order chi connectivity index (χ0) is 27.9. The maximum Gasteiger partial charge on any atom is 0.240 e. The van der Waals surface area contributed by atoms with Crippen molar-refractivity contribution in [2.45, 2.75) is 57.7 Å². The van der Waals surface area contributed by atoms with E-state index in [1.807, 2.05) is 50.2 Å². The summed E-state index contributed by atoms with van der Waals surface area (Å²) < 4.78 is 13.0. The number of nitrogens with zero attached hydrogens (tertiary/aromatic N) is 3. The molecule has 0 radical (unpaired) electrons. The molecule has 1 aromatic heterocycles. The minimum absolute atomic E-state index is 0.00609. The summed E-state index contributed by atoms with van der Waals surface area (Å²) in [7, 11) is 0. The SMILES string of the molecule is CCC(C)NC(=O)CN1C(=O)CSC(c2ccc3c(c2)OCO3)c2c(C(C)(C)C)nn(-c3ccccc3Cl)c21. The Bertz CT molecular complexity index is 1420. The molecular formula is C29H33ClN4O4S. The lowest BCUT2D eigenvalue weighted by molar-refractivity contribution is -0.123. The summed E-state index contributed by atoms with van der Waals surface area (Å²) in [6.07, 6.45) is 0.790. The van der Waals surface area contributed by atoms with E-state index in [1.54, 1.807) is 15.6 Å². The highest BCUT2D eigenvalue weighted by Crippen LogP contribution is 2.50. The number of anilines is 1. The van der Waals surface area contributed by atoms with Crippen LogP contribution in [0.2, 0.25) is 5.02 Å². The topological polar surface area (TPSA) is 85.7 Å². The van der Waals surface area contributed by atoms with Crippen LogP contribution in [-0.2, 0) is 15.0 Å². The van der Waals surface area contributed by atoms with E-state index in [4.69, 9.17) is 26.2 Å². The summed E-state index contributed by atoms with van der Waals surface area (Å²) in [6, 6.07) is 13.3. The highest BCUT2D eigenvalue weighted by Gasteiger charge is 2.40. The first-order valence-corrected chi connectivity index (χ1v) is 14.5. The third kappa shape index (κ3) is 5.34. The monoisotopic (exact) mass is 568 g/mol. The molecule has 2 aliphatic heterocycles. The number of thioether (sulfide) groups is 1. The summed E-state index contributed by atoms with van der Waals surface area (Å²) in [4.78, 5) is 28.5. The van der Waals surface area contributed by atoms with E-state index < -0.39 is 0 Å². The van der Waals surface area contributed by atoms with Gasteiger partial charge in [-0.1, -0.05) is 57.5 Å². The number of hydrogen-bond donors (Lipinski definition) is 1. The average Bonchev–Trinajstić information content (AvgIpc) is 3.49. The lowest BCUT2D eigenvalue weighted by Gasteiger charge is -2.25. The smallest absolute Gasteiger partial charge is 0.240 e. The number of amides is 2. The predicted molar refractivity (Wildman–Crippen MR) is 154 cm³/mol. The number of nitrogens with one attached hydrogen (secondary N) is 1. The molecule has 1 N–H and O–H groups in total. The quantitative estimate of drug-likeness (QED) is 0.414. The molecule has 2 amide bonds. The lowest BCUT2D eigenvalue weighted by atomic mass is 9.87. The van der Waals surface area contributed by atoms with Crippen molar-refractivity contribution >= 4 is 41.0 Å². The molecule has 0 saturated carbocycles. The van der Waals surface area contributed by atoms with Gasteiger partial charge in [0.25, 0.3) is 0 Å². The molecule has 10 heteroatoms. The molecule has 0 saturated heterocycles. The van der Waals surface area contributed by atoms with Gasteiger partial charge in [0.15, 0.2) is 11.5 Å². The van der Waals surface area contributed by atoms with Crippen molar-refractivity contribution in [2.24, 2.45) is 0 Å². The molecule has 0 spiro atoms. The van der Waals surface area contributed by atoms with Crippen LogP contribution in [0.25, 0.3) is 5.69 Å². The Morgan fingerprint density at radius 1 is 1.21 bits per heavy atom. The number of benzene rings is 2. The van der Waals surface area contributed by atoms with Gasteiger partial charge in [-0.2, -0.15) is 5.10 Å². The van der Waals surface area contributed by atoms with Crippen LogP contribution in [0.1, 0.15) is 63.1 Å². The van der Waals surface area contributed by atoms with Gasteiger partial charge in [-0.15, -0.1) is 11.8 Å². The first kappa shape index (κ1) is 27.4. The minimum atomic E-state index is -0.371. The Morgan fingerprint density at radius 3 is 2.67 bits per heavy atom. The van der Waals surface area contributed by atoms with Gasteiger partial charge in [-0.25, -0.2) is 4.68 Å². The molecule has 3 aromatic rings. The molecule has 2 aliphatic rings. The van der Waals surface area contributed by atoms with E-state index in [-0.39, 0.29) is 47.6 Å². The summed E-state index contributed by atoms with van der Waals surface area (Å²) in [5.41, 5.74) is 2.95. The van der Waals surface area contributed by atoms with E-state index in [9.17, 15) is 9.59 Å². The highest BCUT2D eigenvalue weighted by atomic mass is 35.5. The fraction of sp³-hybridized carbons (Fsp3) is 0.414. The Kier molecular flexibility index (Phi) is 7.57. The second-order valence-electron chi connectivity index (χ2n) is 10.9. The number of hydrogen-bond acceptors (Lipinski definition) is 6. The summed E-state index contributed by atoms with van der Waals surface area (Å²) in [6.45, 7) is 10.3. The van der Waals surface area contributed by atoms with Crippen LogP contribution < -0.4 is 19.7 Å². The van der Waals surface area contributed by atoms with Gasteiger partial charge < -0.3 is 14.8 Å². The largest absolute Gasteiger partial charge is 0.454 e. The van der Waals surface area contributed by atoms with Gasteiger partial charge >= 0.3 is 0 Å². The molecule has 2 aromatic carbocycles. The first-order chi connectivity index (χ1) is 18.6. The van der Waals surface area contributed by atoms with Crippen molar-refractivity contribution in [3.05, 3.63) is 64.3 Å². The zero-order valence-corrected chi connectivity index (χ0v) is 24.4. The number of fused-ring (bicyclic) bond motifs is 2. The summed E-state index contributed by atoms with van der Waals surface area (Å²) in [5.74, 6) is 1.73. The minimum Gasteiger partial charge on any atom is -0.454 e. The van der Waals surface area contributed by atoms with Gasteiger partial charge in [-0.05, 0) is 43.2 Å². The van der Waals surface area contributed by atoms with Crippen LogP contribution >= 0.6 is 23.4 Å². The van der Waals surface area contributed by atoms with Crippen molar-refractivity contribution in [1.82, 2.24) is 15.1 Å². The molecule has 3 heterocycles. The highest BCUT2D eigenvalue weighted by molar-refractivity contribution is 8.00. The van der Waals surface area contributed by atoms with Gasteiger partial charge in [0.05, 0.1) is 27.4 Å². The van der Waals surface area contributed by atoms with Gasteiger partial charge in [0, 0.05) is 17.0 Å². The van der Waals surface area contributed by atoms with E-state index >= 15 is 0 Å². The Morgan fingerprint density at radius 2 is 1.95 bits per heavy atom. The Labute approximate surface area is 238 Å². The zero-order valence-electron chi connectivity index (χ0n) is 22.8. The van der Waals surface area contributed by atoms with Crippen LogP contribution in [0, 0.1) is 0 Å². The average molecular weight is 569 g/mol. The lowest BCUT2D eigenvalue weighted by Crippen LogP contribution is -2.44. The maximum atomic E-state index is 13.8. The van der Waals surface area contributed by atoms with Crippen LogP contribution in [0.4, 0.5) is 5.82 Å². The van der Waals surface area contributed by atoms with Crippen molar-refractivity contribution in [1.29, 1.82) is 0 Å². The van der Waals surface area contributed by atoms with Crippen LogP contribution in [0.5, 0.6) is 11.5 Å². The molecule has 39 heavy (non-hydrogen) atoms. The van der Waals surface area contributed by atoms with Crippen LogP contribution in [0.15, 0.2) is 42.5 Å². The molecule has 8 nitrogen and oxygen atoms in total. The number of carbonyl (C=O) groups excluding carboxylic acids is 2. The van der Waals surface area contributed by atoms with E-state index in [0.717, 1.165) is 23.2 Å². The maximum absolute atomic E-state index is 13.8. The normalized spacial score (nSPS) is 17.5. The van der Waals surface area contributed by atoms with Crippen molar-refractivity contribution < 1.29 is 19.1 Å². The fourth-order valence-electron chi connectivity index (χ4n) is 4.77. The Balaban J connectivity index is 1.75. The Hall–Kier alpha value is -3.17. The van der Waals surface area contributed by atoms with E-state index in [0.29, 0.717) is 28.0 Å². The second-order valence-corrected chi connectivity index (χ2v) is 12.4. The predicted octanol–water partition coefficient (Wildman–Crippen LogP) is 5.64. The van der Waals surface area contributed by atoms with E-state index in [1.165, 1.54) is 11.8 Å². The fourth-order valence-corrected chi connectivity index (χ4v) is 6.17.